The first kappa shape index (κ1) is 14.1. The molecule has 114 valence electrons. The molecule has 2 aromatic rings. The minimum atomic E-state index is -0.452. The van der Waals surface area contributed by atoms with Crippen molar-refractivity contribution in [3.05, 3.63) is 51.3 Å². The Labute approximate surface area is 126 Å². The predicted octanol–water partition coefficient (Wildman–Crippen LogP) is 1.24. The van der Waals surface area contributed by atoms with Gasteiger partial charge in [0, 0.05) is 49.4 Å². The molecule has 0 radical (unpaired) electrons. The molecule has 0 spiro atoms. The van der Waals surface area contributed by atoms with Gasteiger partial charge in [0.2, 0.25) is 0 Å². The molecular weight excluding hydrogens is 286 g/mol. The zero-order valence-electron chi connectivity index (χ0n) is 12.0. The molecule has 3 rings (SSSR count). The van der Waals surface area contributed by atoms with Crippen LogP contribution in [-0.4, -0.2) is 34.6 Å². The number of benzene rings is 1. The van der Waals surface area contributed by atoms with Crippen LogP contribution in [0.5, 0.6) is 0 Å². The van der Waals surface area contributed by atoms with Crippen LogP contribution in [0.4, 0.5) is 11.4 Å². The molecule has 8 nitrogen and oxygen atoms in total. The maximum absolute atomic E-state index is 11.6. The summed E-state index contributed by atoms with van der Waals surface area (Å²) < 4.78 is 0. The first-order chi connectivity index (χ1) is 10.6. The van der Waals surface area contributed by atoms with Crippen molar-refractivity contribution in [1.29, 1.82) is 0 Å². The molecule has 1 aromatic carbocycles. The number of nitrogens with one attached hydrogen (secondary N) is 2. The lowest BCUT2D eigenvalue weighted by molar-refractivity contribution is -0.384. The maximum atomic E-state index is 11.6. The van der Waals surface area contributed by atoms with Gasteiger partial charge in [0.25, 0.3) is 11.6 Å². The normalized spacial score (nSPS) is 13.6. The molecule has 8 heteroatoms. The van der Waals surface area contributed by atoms with E-state index in [9.17, 15) is 14.9 Å². The van der Waals surface area contributed by atoms with E-state index in [1.165, 1.54) is 13.1 Å². The van der Waals surface area contributed by atoms with Crippen LogP contribution in [0.25, 0.3) is 0 Å². The van der Waals surface area contributed by atoms with E-state index >= 15 is 0 Å². The second kappa shape index (κ2) is 5.47. The fourth-order valence-electron chi connectivity index (χ4n) is 2.65. The third-order valence-corrected chi connectivity index (χ3v) is 3.80. The molecule has 0 aliphatic carbocycles. The molecule has 2 N–H and O–H groups in total. The Morgan fingerprint density at radius 2 is 2.32 bits per heavy atom. The fraction of sp³-hybridized carbons (Fsp3) is 0.286. The highest BCUT2D eigenvalue weighted by Crippen LogP contribution is 2.32. The van der Waals surface area contributed by atoms with Crippen molar-refractivity contribution < 1.29 is 9.72 Å². The van der Waals surface area contributed by atoms with Gasteiger partial charge in [-0.05, 0) is 12.1 Å². The Bertz CT molecular complexity index is 740. The number of aromatic amines is 1. The monoisotopic (exact) mass is 301 g/mol. The number of nitrogens with zero attached hydrogens (tertiary/aromatic N) is 3. The molecule has 0 saturated carbocycles. The number of nitro groups is 1. The quantitative estimate of drug-likeness (QED) is 0.655. The molecule has 0 saturated heterocycles. The van der Waals surface area contributed by atoms with Crippen LogP contribution in [0.3, 0.4) is 0 Å². The van der Waals surface area contributed by atoms with Crippen molar-refractivity contribution in [1.82, 2.24) is 15.5 Å². The second-order valence-electron chi connectivity index (χ2n) is 5.09. The number of hydrogen-bond donors (Lipinski definition) is 2. The summed E-state index contributed by atoms with van der Waals surface area (Å²) in [6.45, 7) is 1.22. The average molecular weight is 301 g/mol. The van der Waals surface area contributed by atoms with Gasteiger partial charge in [-0.3, -0.25) is 20.0 Å². The number of hydrogen-bond acceptors (Lipinski definition) is 5. The number of anilines is 1. The summed E-state index contributed by atoms with van der Waals surface area (Å²) >= 11 is 0. The predicted molar refractivity (Wildman–Crippen MR) is 79.8 cm³/mol. The molecule has 2 heterocycles. The summed E-state index contributed by atoms with van der Waals surface area (Å²) in [6.07, 6.45) is 2.50. The van der Waals surface area contributed by atoms with Gasteiger partial charge < -0.3 is 10.2 Å². The van der Waals surface area contributed by atoms with Crippen molar-refractivity contribution in [3.8, 4) is 0 Å². The van der Waals surface area contributed by atoms with Gasteiger partial charge in [0.05, 0.1) is 11.1 Å². The van der Waals surface area contributed by atoms with Gasteiger partial charge in [-0.2, -0.15) is 5.10 Å². The third kappa shape index (κ3) is 2.39. The molecule has 0 atom stereocenters. The van der Waals surface area contributed by atoms with Gasteiger partial charge in [-0.25, -0.2) is 0 Å². The lowest BCUT2D eigenvalue weighted by Gasteiger charge is -2.28. The lowest BCUT2D eigenvalue weighted by Crippen LogP contribution is -2.30. The third-order valence-electron chi connectivity index (χ3n) is 3.80. The standard InChI is InChI=1S/C14H15N5O3/c1-15-14(20)9-2-3-12(13(6-9)19(21)22)18-5-4-11-10(8-18)7-16-17-11/h2-3,6-7H,4-5,8H2,1H3,(H,15,20)(H,16,17). The number of rotatable bonds is 3. The van der Waals surface area contributed by atoms with Crippen LogP contribution in [0.1, 0.15) is 21.6 Å². The number of H-pyrrole nitrogens is 1. The van der Waals surface area contributed by atoms with E-state index in [0.29, 0.717) is 18.8 Å². The summed E-state index contributed by atoms with van der Waals surface area (Å²) in [5.41, 5.74) is 2.84. The van der Waals surface area contributed by atoms with Gasteiger partial charge in [0.15, 0.2) is 0 Å². The smallest absolute Gasteiger partial charge is 0.293 e. The molecule has 0 unspecified atom stereocenters. The zero-order valence-corrected chi connectivity index (χ0v) is 12.0. The van der Waals surface area contributed by atoms with Crippen LogP contribution >= 0.6 is 0 Å². The van der Waals surface area contributed by atoms with Crippen LogP contribution in [0.15, 0.2) is 24.4 Å². The highest BCUT2D eigenvalue weighted by molar-refractivity contribution is 5.95. The number of nitro benzene ring substituents is 1. The van der Waals surface area contributed by atoms with E-state index in [-0.39, 0.29) is 17.2 Å². The van der Waals surface area contributed by atoms with Crippen molar-refractivity contribution in [2.75, 3.05) is 18.5 Å². The lowest BCUT2D eigenvalue weighted by atomic mass is 10.1. The first-order valence-corrected chi connectivity index (χ1v) is 6.86. The van der Waals surface area contributed by atoms with Crippen LogP contribution in [0, 0.1) is 10.1 Å². The number of fused-ring (bicyclic) bond motifs is 1. The topological polar surface area (TPSA) is 104 Å². The summed E-state index contributed by atoms with van der Waals surface area (Å²) in [5, 5.41) is 20.8. The van der Waals surface area contributed by atoms with Crippen molar-refractivity contribution >= 4 is 17.3 Å². The Kier molecular flexibility index (Phi) is 3.50. The number of aromatic nitrogens is 2. The summed E-state index contributed by atoms with van der Waals surface area (Å²) in [4.78, 5) is 24.5. The van der Waals surface area contributed by atoms with E-state index in [1.54, 1.807) is 18.3 Å². The molecular formula is C14H15N5O3. The van der Waals surface area contributed by atoms with Crippen LogP contribution < -0.4 is 10.2 Å². The average Bonchev–Trinajstić information content (AvgIpc) is 3.01. The van der Waals surface area contributed by atoms with Crippen molar-refractivity contribution in [2.45, 2.75) is 13.0 Å². The summed E-state index contributed by atoms with van der Waals surface area (Å²) in [6, 6.07) is 4.55. The van der Waals surface area contributed by atoms with Crippen LogP contribution in [0.2, 0.25) is 0 Å². The Hall–Kier alpha value is -2.90. The molecule has 0 fully saturated rings. The first-order valence-electron chi connectivity index (χ1n) is 6.86. The van der Waals surface area contributed by atoms with Crippen LogP contribution in [-0.2, 0) is 13.0 Å². The largest absolute Gasteiger partial charge is 0.361 e. The van der Waals surface area contributed by atoms with Crippen molar-refractivity contribution in [2.24, 2.45) is 0 Å². The molecule has 1 aliphatic rings. The Morgan fingerprint density at radius 3 is 3.05 bits per heavy atom. The number of amides is 1. The second-order valence-corrected chi connectivity index (χ2v) is 5.09. The van der Waals surface area contributed by atoms with Gasteiger partial charge in [-0.15, -0.1) is 0 Å². The van der Waals surface area contributed by atoms with Gasteiger partial charge >= 0.3 is 0 Å². The zero-order chi connectivity index (χ0) is 15.7. The minimum Gasteiger partial charge on any atom is -0.361 e. The van der Waals surface area contributed by atoms with Gasteiger partial charge in [-0.1, -0.05) is 0 Å². The van der Waals surface area contributed by atoms with E-state index in [2.05, 4.69) is 15.5 Å². The number of carbonyl (C=O) groups is 1. The molecule has 22 heavy (non-hydrogen) atoms. The van der Waals surface area contributed by atoms with E-state index < -0.39 is 4.92 Å². The summed E-state index contributed by atoms with van der Waals surface area (Å²) in [5.74, 6) is -0.342. The fourth-order valence-corrected chi connectivity index (χ4v) is 2.65. The minimum absolute atomic E-state index is 0.0620. The Morgan fingerprint density at radius 1 is 1.50 bits per heavy atom. The SMILES string of the molecule is CNC(=O)c1ccc(N2CCc3[nH]ncc3C2)c([N+](=O)[O-])c1. The van der Waals surface area contributed by atoms with E-state index in [0.717, 1.165) is 17.7 Å². The molecule has 1 amide bonds. The van der Waals surface area contributed by atoms with E-state index in [4.69, 9.17) is 0 Å². The highest BCUT2D eigenvalue weighted by Gasteiger charge is 2.25. The molecule has 0 bridgehead atoms. The Balaban J connectivity index is 1.97. The maximum Gasteiger partial charge on any atom is 0.293 e. The van der Waals surface area contributed by atoms with E-state index in [1.807, 2.05) is 4.90 Å². The molecule has 1 aliphatic heterocycles. The number of carbonyl (C=O) groups excluding carboxylic acids is 1. The van der Waals surface area contributed by atoms with Gasteiger partial charge in [0.1, 0.15) is 5.69 Å². The highest BCUT2D eigenvalue weighted by atomic mass is 16.6. The summed E-state index contributed by atoms with van der Waals surface area (Å²) in [7, 11) is 1.49. The van der Waals surface area contributed by atoms with Crippen molar-refractivity contribution in [3.63, 3.8) is 0 Å². The molecule has 1 aromatic heterocycles.